The van der Waals surface area contributed by atoms with Crippen molar-refractivity contribution in [1.82, 2.24) is 9.55 Å². The van der Waals surface area contributed by atoms with Gasteiger partial charge in [-0.1, -0.05) is 18.2 Å². The molecule has 0 aliphatic rings. The Morgan fingerprint density at radius 3 is 2.56 bits per heavy atom. The smallest absolute Gasteiger partial charge is 0.317 e. The zero-order valence-corrected chi connectivity index (χ0v) is 8.48. The highest BCUT2D eigenvalue weighted by molar-refractivity contribution is 5.33. The van der Waals surface area contributed by atoms with Crippen molar-refractivity contribution in [3.63, 3.8) is 0 Å². The lowest BCUT2D eigenvalue weighted by molar-refractivity contribution is -0.00486. The van der Waals surface area contributed by atoms with Crippen LogP contribution in [-0.2, 0) is 5.92 Å². The van der Waals surface area contributed by atoms with Crippen LogP contribution < -0.4 is 5.73 Å². The van der Waals surface area contributed by atoms with Gasteiger partial charge in [-0.3, -0.25) is 4.57 Å². The van der Waals surface area contributed by atoms with E-state index in [1.807, 2.05) is 6.07 Å². The van der Waals surface area contributed by atoms with Crippen molar-refractivity contribution in [2.45, 2.75) is 5.92 Å². The van der Waals surface area contributed by atoms with Crippen LogP contribution >= 0.6 is 0 Å². The second-order valence-electron chi connectivity index (χ2n) is 3.36. The third-order valence-electron chi connectivity index (χ3n) is 2.26. The van der Waals surface area contributed by atoms with Crippen LogP contribution in [0.1, 0.15) is 5.82 Å². The SMILES string of the molecule is NCC(F)(F)c1nccn1-c1ccccc1. The van der Waals surface area contributed by atoms with E-state index >= 15 is 0 Å². The van der Waals surface area contributed by atoms with Crippen molar-refractivity contribution in [3.05, 3.63) is 48.5 Å². The Kier molecular flexibility index (Phi) is 2.70. The maximum Gasteiger partial charge on any atom is 0.317 e. The average molecular weight is 223 g/mol. The van der Waals surface area contributed by atoms with E-state index in [-0.39, 0.29) is 5.82 Å². The molecule has 0 amide bonds. The van der Waals surface area contributed by atoms with Crippen molar-refractivity contribution < 1.29 is 8.78 Å². The molecule has 1 aromatic carbocycles. The van der Waals surface area contributed by atoms with Gasteiger partial charge in [-0.15, -0.1) is 0 Å². The molecule has 0 aliphatic heterocycles. The molecule has 0 atom stereocenters. The van der Waals surface area contributed by atoms with Gasteiger partial charge in [-0.05, 0) is 12.1 Å². The van der Waals surface area contributed by atoms with Crippen LogP contribution in [0.4, 0.5) is 8.78 Å². The number of rotatable bonds is 3. The van der Waals surface area contributed by atoms with Crippen LogP contribution in [0.15, 0.2) is 42.7 Å². The number of nitrogens with two attached hydrogens (primary N) is 1. The van der Waals surface area contributed by atoms with E-state index < -0.39 is 12.5 Å². The molecule has 0 radical (unpaired) electrons. The molecule has 0 saturated heterocycles. The summed E-state index contributed by atoms with van der Waals surface area (Å²) in [5.74, 6) is -3.44. The van der Waals surface area contributed by atoms with Crippen LogP contribution in [0.3, 0.4) is 0 Å². The van der Waals surface area contributed by atoms with E-state index in [1.54, 1.807) is 24.3 Å². The number of benzene rings is 1. The van der Waals surface area contributed by atoms with Crippen LogP contribution in [0.2, 0.25) is 0 Å². The highest BCUT2D eigenvalue weighted by atomic mass is 19.3. The summed E-state index contributed by atoms with van der Waals surface area (Å²) in [4.78, 5) is 3.67. The summed E-state index contributed by atoms with van der Waals surface area (Å²) in [6.45, 7) is -0.753. The molecule has 0 aliphatic carbocycles. The molecule has 2 aromatic rings. The summed E-state index contributed by atoms with van der Waals surface area (Å²) in [5.41, 5.74) is 5.68. The quantitative estimate of drug-likeness (QED) is 0.863. The number of halogens is 2. The lowest BCUT2D eigenvalue weighted by Gasteiger charge is -2.15. The van der Waals surface area contributed by atoms with Crippen molar-refractivity contribution in [2.75, 3.05) is 6.54 Å². The largest absolute Gasteiger partial charge is 0.325 e. The maximum atomic E-state index is 13.5. The predicted octanol–water partition coefficient (Wildman–Crippen LogP) is 1.92. The number of hydrogen-bond acceptors (Lipinski definition) is 2. The van der Waals surface area contributed by atoms with Crippen molar-refractivity contribution in [3.8, 4) is 5.69 Å². The second kappa shape index (κ2) is 4.02. The molecule has 0 fully saturated rings. The molecule has 2 N–H and O–H groups in total. The third kappa shape index (κ3) is 1.81. The molecular weight excluding hydrogens is 212 g/mol. The Labute approximate surface area is 91.5 Å². The first kappa shape index (κ1) is 10.8. The van der Waals surface area contributed by atoms with E-state index in [4.69, 9.17) is 5.73 Å². The van der Waals surface area contributed by atoms with E-state index in [1.165, 1.54) is 17.0 Å². The fourth-order valence-corrected chi connectivity index (χ4v) is 1.46. The van der Waals surface area contributed by atoms with E-state index in [2.05, 4.69) is 4.98 Å². The summed E-state index contributed by atoms with van der Waals surface area (Å²) in [6, 6.07) is 8.84. The monoisotopic (exact) mass is 223 g/mol. The van der Waals surface area contributed by atoms with Crippen LogP contribution in [0.5, 0.6) is 0 Å². The second-order valence-corrected chi connectivity index (χ2v) is 3.36. The van der Waals surface area contributed by atoms with Gasteiger partial charge in [0.25, 0.3) is 0 Å². The van der Waals surface area contributed by atoms with E-state index in [9.17, 15) is 8.78 Å². The molecule has 0 bridgehead atoms. The van der Waals surface area contributed by atoms with Crippen LogP contribution in [-0.4, -0.2) is 16.1 Å². The molecule has 16 heavy (non-hydrogen) atoms. The summed E-state index contributed by atoms with van der Waals surface area (Å²) in [7, 11) is 0. The minimum absolute atomic E-state index is 0.332. The Balaban J connectivity index is 2.49. The molecule has 1 heterocycles. The van der Waals surface area contributed by atoms with Gasteiger partial charge in [-0.2, -0.15) is 8.78 Å². The van der Waals surface area contributed by atoms with E-state index in [0.29, 0.717) is 5.69 Å². The zero-order valence-electron chi connectivity index (χ0n) is 8.48. The minimum Gasteiger partial charge on any atom is -0.325 e. The summed E-state index contributed by atoms with van der Waals surface area (Å²) >= 11 is 0. The lowest BCUT2D eigenvalue weighted by atomic mass is 10.3. The van der Waals surface area contributed by atoms with Gasteiger partial charge in [0.15, 0.2) is 5.82 Å². The fraction of sp³-hybridized carbons (Fsp3) is 0.182. The van der Waals surface area contributed by atoms with Crippen LogP contribution in [0, 0.1) is 0 Å². The van der Waals surface area contributed by atoms with Gasteiger partial charge in [0, 0.05) is 18.1 Å². The molecule has 0 unspecified atom stereocenters. The highest BCUT2D eigenvalue weighted by Gasteiger charge is 2.34. The predicted molar refractivity (Wildman–Crippen MR) is 56.5 cm³/mol. The number of aromatic nitrogens is 2. The Hall–Kier alpha value is -1.75. The Morgan fingerprint density at radius 2 is 1.94 bits per heavy atom. The average Bonchev–Trinajstić information content (AvgIpc) is 2.80. The number of hydrogen-bond donors (Lipinski definition) is 1. The van der Waals surface area contributed by atoms with Gasteiger partial charge in [0.05, 0.1) is 6.54 Å². The first-order chi connectivity index (χ1) is 7.65. The number of imidazole rings is 1. The van der Waals surface area contributed by atoms with Gasteiger partial charge >= 0.3 is 5.92 Å². The maximum absolute atomic E-state index is 13.5. The molecule has 0 spiro atoms. The van der Waals surface area contributed by atoms with Gasteiger partial charge in [0.1, 0.15) is 0 Å². The topological polar surface area (TPSA) is 43.8 Å². The summed E-state index contributed by atoms with van der Waals surface area (Å²) in [5, 5.41) is 0. The molecule has 0 saturated carbocycles. The standard InChI is InChI=1S/C11H11F2N3/c12-11(13,8-14)10-15-6-7-16(10)9-4-2-1-3-5-9/h1-7H,8,14H2. The first-order valence-electron chi connectivity index (χ1n) is 4.82. The van der Waals surface area contributed by atoms with Crippen molar-refractivity contribution in [1.29, 1.82) is 0 Å². The van der Waals surface area contributed by atoms with Gasteiger partial charge in [-0.25, -0.2) is 4.98 Å². The van der Waals surface area contributed by atoms with E-state index in [0.717, 1.165) is 0 Å². The molecule has 1 aromatic heterocycles. The highest BCUT2D eigenvalue weighted by Crippen LogP contribution is 2.26. The molecule has 84 valence electrons. The van der Waals surface area contributed by atoms with Gasteiger partial charge < -0.3 is 5.73 Å². The third-order valence-corrected chi connectivity index (χ3v) is 2.26. The normalized spacial score (nSPS) is 11.7. The van der Waals surface area contributed by atoms with Gasteiger partial charge in [0.2, 0.25) is 0 Å². The number of nitrogens with zero attached hydrogens (tertiary/aromatic N) is 2. The number of alkyl halides is 2. The lowest BCUT2D eigenvalue weighted by Crippen LogP contribution is -2.28. The Morgan fingerprint density at radius 1 is 1.25 bits per heavy atom. The fourth-order valence-electron chi connectivity index (χ4n) is 1.46. The molecule has 5 heteroatoms. The molecular formula is C11H11F2N3. The first-order valence-corrected chi connectivity index (χ1v) is 4.82. The summed E-state index contributed by atoms with van der Waals surface area (Å²) in [6.07, 6.45) is 2.83. The minimum atomic E-state index is -3.11. The Bertz CT molecular complexity index is 465. The van der Waals surface area contributed by atoms with Crippen molar-refractivity contribution in [2.24, 2.45) is 5.73 Å². The number of para-hydroxylation sites is 1. The summed E-state index contributed by atoms with van der Waals surface area (Å²) < 4.78 is 28.3. The van der Waals surface area contributed by atoms with Crippen molar-refractivity contribution >= 4 is 0 Å². The molecule has 2 rings (SSSR count). The van der Waals surface area contributed by atoms with Crippen LogP contribution in [0.25, 0.3) is 5.69 Å². The molecule has 3 nitrogen and oxygen atoms in total. The zero-order chi connectivity index (χ0) is 11.6.